The molecule has 1 rings (SSSR count). The molecule has 1 aromatic heterocycles. The van der Waals surface area contributed by atoms with Crippen LogP contribution in [0, 0.1) is 0 Å². The van der Waals surface area contributed by atoms with Crippen molar-refractivity contribution in [3.8, 4) is 0 Å². The molecule has 4 N–H and O–H groups in total. The Morgan fingerprint density at radius 2 is 1.93 bits per heavy atom. The summed E-state index contributed by atoms with van der Waals surface area (Å²) in [6, 6.07) is 3.28. The van der Waals surface area contributed by atoms with Crippen LogP contribution in [-0.2, 0) is 4.74 Å². The summed E-state index contributed by atoms with van der Waals surface area (Å²) in [4.78, 5) is 28.0. The van der Waals surface area contributed by atoms with Crippen LogP contribution >= 0.6 is 0 Å². The number of amides is 2. The summed E-state index contributed by atoms with van der Waals surface area (Å²) >= 11 is 0. The molecule has 0 saturated heterocycles. The largest absolute Gasteiger partial charge is 0.459 e. The van der Waals surface area contributed by atoms with Gasteiger partial charge in [-0.05, 0) is 39.3 Å². The summed E-state index contributed by atoms with van der Waals surface area (Å²) in [6.07, 6.45) is 3.96. The van der Waals surface area contributed by atoms with Crippen molar-refractivity contribution in [1.82, 2.24) is 21.3 Å². The summed E-state index contributed by atoms with van der Waals surface area (Å²) in [5.41, 5.74) is -0.534. The minimum Gasteiger partial charge on any atom is -0.459 e. The third-order valence-corrected chi connectivity index (χ3v) is 3.81. The van der Waals surface area contributed by atoms with E-state index in [0.717, 1.165) is 19.3 Å². The van der Waals surface area contributed by atoms with Gasteiger partial charge < -0.3 is 30.4 Å². The summed E-state index contributed by atoms with van der Waals surface area (Å²) in [5, 5.41) is 12.0. The van der Waals surface area contributed by atoms with Crippen molar-refractivity contribution >= 4 is 18.0 Å². The molecule has 29 heavy (non-hydrogen) atoms. The average molecular weight is 410 g/mol. The zero-order valence-corrected chi connectivity index (χ0v) is 18.1. The lowest BCUT2D eigenvalue weighted by atomic mass is 10.1. The number of aliphatic imine (C=N–C) groups is 1. The Bertz CT molecular complexity index is 638. The Hall–Kier alpha value is -2.71. The second-order valence-electron chi connectivity index (χ2n) is 7.60. The molecule has 0 fully saturated rings. The van der Waals surface area contributed by atoms with Gasteiger partial charge in [-0.15, -0.1) is 0 Å². The number of nitrogens with zero attached hydrogens (tertiary/aromatic N) is 1. The molecule has 1 unspecified atom stereocenters. The van der Waals surface area contributed by atoms with Crippen molar-refractivity contribution in [2.24, 2.45) is 4.99 Å². The fraction of sp³-hybridized carbons (Fsp3) is 0.650. The Morgan fingerprint density at radius 1 is 1.21 bits per heavy atom. The molecule has 1 atom stereocenters. The Kier molecular flexibility index (Phi) is 10.6. The van der Waals surface area contributed by atoms with E-state index in [1.54, 1.807) is 19.2 Å². The molecule has 0 aliphatic rings. The molecule has 0 saturated carbocycles. The van der Waals surface area contributed by atoms with E-state index in [-0.39, 0.29) is 17.7 Å². The third kappa shape index (κ3) is 11.0. The lowest BCUT2D eigenvalue weighted by Crippen LogP contribution is -2.50. The van der Waals surface area contributed by atoms with Crippen molar-refractivity contribution in [3.05, 3.63) is 24.2 Å². The van der Waals surface area contributed by atoms with Crippen LogP contribution in [0.15, 0.2) is 27.8 Å². The van der Waals surface area contributed by atoms with Gasteiger partial charge in [-0.2, -0.15) is 0 Å². The van der Waals surface area contributed by atoms with Crippen LogP contribution in [0.2, 0.25) is 0 Å². The number of alkyl carbamates (subject to hydrolysis) is 1. The van der Waals surface area contributed by atoms with Crippen LogP contribution in [0.5, 0.6) is 0 Å². The van der Waals surface area contributed by atoms with Crippen LogP contribution in [0.25, 0.3) is 0 Å². The molecule has 9 heteroatoms. The minimum atomic E-state index is -0.534. The standard InChI is InChI=1S/C20H35N5O4/c1-6-7-9-15(14-24-19(27)29-20(2,3)4)25-18(21-5)23-12-11-22-17(26)16-10-8-13-28-16/h8,10,13,15H,6-7,9,11-12,14H2,1-5H3,(H,22,26)(H,24,27)(H2,21,23,25). The van der Waals surface area contributed by atoms with Crippen molar-refractivity contribution < 1.29 is 18.7 Å². The highest BCUT2D eigenvalue weighted by atomic mass is 16.6. The zero-order valence-electron chi connectivity index (χ0n) is 18.1. The summed E-state index contributed by atoms with van der Waals surface area (Å²) < 4.78 is 10.3. The number of unbranched alkanes of at least 4 members (excludes halogenated alkanes) is 1. The van der Waals surface area contributed by atoms with E-state index in [1.165, 1.54) is 6.26 Å². The van der Waals surface area contributed by atoms with Gasteiger partial charge in [0.05, 0.1) is 6.26 Å². The highest BCUT2D eigenvalue weighted by molar-refractivity contribution is 5.91. The predicted molar refractivity (Wildman–Crippen MR) is 113 cm³/mol. The number of ether oxygens (including phenoxy) is 1. The van der Waals surface area contributed by atoms with Gasteiger partial charge in [-0.25, -0.2) is 4.79 Å². The smallest absolute Gasteiger partial charge is 0.407 e. The number of carbonyl (C=O) groups is 2. The Labute approximate surface area is 173 Å². The van der Waals surface area contributed by atoms with Gasteiger partial charge in [0, 0.05) is 32.7 Å². The van der Waals surface area contributed by atoms with Gasteiger partial charge in [0.25, 0.3) is 5.91 Å². The van der Waals surface area contributed by atoms with Gasteiger partial charge in [-0.1, -0.05) is 19.8 Å². The topological polar surface area (TPSA) is 117 Å². The van der Waals surface area contributed by atoms with E-state index in [9.17, 15) is 9.59 Å². The van der Waals surface area contributed by atoms with E-state index in [2.05, 4.69) is 33.2 Å². The van der Waals surface area contributed by atoms with Crippen molar-refractivity contribution in [2.45, 2.75) is 58.6 Å². The summed E-state index contributed by atoms with van der Waals surface area (Å²) in [6.45, 7) is 8.93. The minimum absolute atomic E-state index is 0.00591. The SMILES string of the molecule is CCCCC(CNC(=O)OC(C)(C)C)NC(=NC)NCCNC(=O)c1ccco1. The normalized spacial score (nSPS) is 12.8. The molecule has 164 valence electrons. The number of hydrogen-bond donors (Lipinski definition) is 4. The molecule has 0 spiro atoms. The second-order valence-corrected chi connectivity index (χ2v) is 7.60. The van der Waals surface area contributed by atoms with Gasteiger partial charge in [0.2, 0.25) is 0 Å². The first-order chi connectivity index (χ1) is 13.7. The maximum Gasteiger partial charge on any atom is 0.407 e. The number of guanidine groups is 1. The van der Waals surface area contributed by atoms with Crippen LogP contribution in [-0.4, -0.2) is 56.3 Å². The Balaban J connectivity index is 2.42. The van der Waals surface area contributed by atoms with Gasteiger partial charge >= 0.3 is 6.09 Å². The van der Waals surface area contributed by atoms with Crippen LogP contribution in [0.4, 0.5) is 4.79 Å². The first-order valence-corrected chi connectivity index (χ1v) is 10.0. The number of carbonyl (C=O) groups excluding carboxylic acids is 2. The molecule has 0 aliphatic heterocycles. The van der Waals surface area contributed by atoms with Crippen molar-refractivity contribution in [1.29, 1.82) is 0 Å². The maximum atomic E-state index is 11.9. The molecular formula is C20H35N5O4. The maximum absolute atomic E-state index is 11.9. The van der Waals surface area contributed by atoms with E-state index >= 15 is 0 Å². The van der Waals surface area contributed by atoms with Crippen LogP contribution < -0.4 is 21.3 Å². The second kappa shape index (κ2) is 12.7. The first-order valence-electron chi connectivity index (χ1n) is 10.0. The highest BCUT2D eigenvalue weighted by Crippen LogP contribution is 2.07. The number of hydrogen-bond acceptors (Lipinski definition) is 5. The van der Waals surface area contributed by atoms with Gasteiger partial charge in [0.1, 0.15) is 5.60 Å². The van der Waals surface area contributed by atoms with E-state index < -0.39 is 11.7 Å². The van der Waals surface area contributed by atoms with Crippen molar-refractivity contribution in [3.63, 3.8) is 0 Å². The van der Waals surface area contributed by atoms with E-state index in [1.807, 2.05) is 20.8 Å². The molecule has 9 nitrogen and oxygen atoms in total. The lowest BCUT2D eigenvalue weighted by molar-refractivity contribution is 0.0522. The summed E-state index contributed by atoms with van der Waals surface area (Å²) in [7, 11) is 1.68. The fourth-order valence-corrected chi connectivity index (χ4v) is 2.44. The third-order valence-electron chi connectivity index (χ3n) is 3.81. The average Bonchev–Trinajstić information content (AvgIpc) is 3.19. The molecular weight excluding hydrogens is 374 g/mol. The number of rotatable bonds is 10. The zero-order chi connectivity index (χ0) is 21.7. The quantitative estimate of drug-likeness (QED) is 0.268. The molecule has 0 aliphatic carbocycles. The molecule has 0 bridgehead atoms. The molecule has 0 aromatic carbocycles. The van der Waals surface area contributed by atoms with Crippen LogP contribution in [0.1, 0.15) is 57.5 Å². The Morgan fingerprint density at radius 3 is 2.52 bits per heavy atom. The van der Waals surface area contributed by atoms with Crippen molar-refractivity contribution in [2.75, 3.05) is 26.7 Å². The predicted octanol–water partition coefficient (Wildman–Crippen LogP) is 2.26. The molecule has 1 heterocycles. The van der Waals surface area contributed by atoms with Gasteiger partial charge in [0.15, 0.2) is 11.7 Å². The van der Waals surface area contributed by atoms with Gasteiger partial charge in [-0.3, -0.25) is 9.79 Å². The number of nitrogens with one attached hydrogen (secondary N) is 4. The molecule has 1 aromatic rings. The molecule has 2 amide bonds. The monoisotopic (exact) mass is 409 g/mol. The lowest BCUT2D eigenvalue weighted by Gasteiger charge is -2.24. The molecule has 0 radical (unpaired) electrons. The number of furan rings is 1. The van der Waals surface area contributed by atoms with Crippen LogP contribution in [0.3, 0.4) is 0 Å². The van der Waals surface area contributed by atoms with E-state index in [4.69, 9.17) is 9.15 Å². The first kappa shape index (κ1) is 24.3. The highest BCUT2D eigenvalue weighted by Gasteiger charge is 2.18. The fourth-order valence-electron chi connectivity index (χ4n) is 2.44. The van der Waals surface area contributed by atoms with E-state index in [0.29, 0.717) is 25.6 Å². The summed E-state index contributed by atoms with van der Waals surface area (Å²) in [5.74, 6) is 0.617.